The fourth-order valence-electron chi connectivity index (χ4n) is 2.12. The SMILES string of the molecule is CC(C)(C)c1ccc(OCC(=O)NNC(=S)NC(=O)/C=C/c2cccs2)c(Br)c1. The molecule has 0 unspecified atom stereocenters. The molecule has 6 nitrogen and oxygen atoms in total. The van der Waals surface area contributed by atoms with Crippen LogP contribution in [0.4, 0.5) is 0 Å². The zero-order valence-electron chi connectivity index (χ0n) is 16.2. The third kappa shape index (κ3) is 7.96. The average molecular weight is 496 g/mol. The summed E-state index contributed by atoms with van der Waals surface area (Å²) in [5, 5.41) is 4.33. The van der Waals surface area contributed by atoms with E-state index in [0.29, 0.717) is 5.75 Å². The van der Waals surface area contributed by atoms with Crippen molar-refractivity contribution in [1.29, 1.82) is 0 Å². The molecule has 0 saturated heterocycles. The summed E-state index contributed by atoms with van der Waals surface area (Å²) in [6, 6.07) is 9.53. The molecule has 0 aliphatic rings. The topological polar surface area (TPSA) is 79.5 Å². The molecule has 154 valence electrons. The number of benzene rings is 1. The van der Waals surface area contributed by atoms with E-state index in [1.165, 1.54) is 17.4 Å². The molecule has 0 bridgehead atoms. The molecule has 1 aromatic carbocycles. The second-order valence-corrected chi connectivity index (χ2v) is 9.27. The molecule has 0 spiro atoms. The third-order valence-electron chi connectivity index (χ3n) is 3.65. The van der Waals surface area contributed by atoms with Gasteiger partial charge in [0.05, 0.1) is 4.47 Å². The van der Waals surface area contributed by atoms with Crippen LogP contribution in [0.2, 0.25) is 0 Å². The molecule has 0 fully saturated rings. The molecule has 1 heterocycles. The Morgan fingerprint density at radius 2 is 2.00 bits per heavy atom. The maximum absolute atomic E-state index is 11.9. The number of hydrogen-bond donors (Lipinski definition) is 3. The fraction of sp³-hybridized carbons (Fsp3) is 0.250. The Morgan fingerprint density at radius 1 is 1.24 bits per heavy atom. The van der Waals surface area contributed by atoms with E-state index in [1.54, 1.807) is 6.08 Å². The summed E-state index contributed by atoms with van der Waals surface area (Å²) >= 11 is 9.95. The Hall–Kier alpha value is -2.23. The number of amides is 2. The number of hydrazine groups is 1. The lowest BCUT2D eigenvalue weighted by molar-refractivity contribution is -0.123. The van der Waals surface area contributed by atoms with Crippen LogP contribution in [-0.4, -0.2) is 23.5 Å². The number of rotatable bonds is 5. The number of carbonyl (C=O) groups excluding carboxylic acids is 2. The van der Waals surface area contributed by atoms with Gasteiger partial charge in [-0.25, -0.2) is 0 Å². The van der Waals surface area contributed by atoms with Crippen molar-refractivity contribution in [2.24, 2.45) is 0 Å². The molecule has 0 aliphatic carbocycles. The van der Waals surface area contributed by atoms with Crippen molar-refractivity contribution < 1.29 is 14.3 Å². The summed E-state index contributed by atoms with van der Waals surface area (Å²) in [5.41, 5.74) is 6.00. The Bertz CT molecular complexity index is 906. The molecule has 0 saturated carbocycles. The number of carbonyl (C=O) groups is 2. The summed E-state index contributed by atoms with van der Waals surface area (Å²) in [6.45, 7) is 6.14. The molecule has 0 radical (unpaired) electrons. The molecule has 0 aliphatic heterocycles. The van der Waals surface area contributed by atoms with Crippen LogP contribution in [0.25, 0.3) is 6.08 Å². The Kier molecular flexibility index (Phi) is 8.36. The van der Waals surface area contributed by atoms with Crippen molar-refractivity contribution in [2.45, 2.75) is 26.2 Å². The highest BCUT2D eigenvalue weighted by Gasteiger charge is 2.15. The molecular weight excluding hydrogens is 474 g/mol. The summed E-state index contributed by atoms with van der Waals surface area (Å²) in [7, 11) is 0. The minimum Gasteiger partial charge on any atom is -0.483 e. The standard InChI is InChI=1S/C20H22BrN3O3S2/c1-20(2,3)13-6-8-16(15(21)11-13)27-12-18(26)23-24-19(28)22-17(25)9-7-14-5-4-10-29-14/h4-11H,12H2,1-3H3,(H,23,26)(H2,22,24,25,28)/b9-7+. The summed E-state index contributed by atoms with van der Waals surface area (Å²) in [5.74, 6) is -0.283. The van der Waals surface area contributed by atoms with Gasteiger partial charge in [0.15, 0.2) is 11.7 Å². The maximum atomic E-state index is 11.9. The number of ether oxygens (including phenoxy) is 1. The van der Waals surface area contributed by atoms with Crippen LogP contribution in [0.3, 0.4) is 0 Å². The number of thiophene rings is 1. The second-order valence-electron chi connectivity index (χ2n) is 7.02. The van der Waals surface area contributed by atoms with Crippen molar-refractivity contribution in [3.05, 3.63) is 56.7 Å². The van der Waals surface area contributed by atoms with Crippen LogP contribution in [0.15, 0.2) is 46.3 Å². The molecule has 2 aromatic rings. The Labute approximate surface area is 187 Å². The lowest BCUT2D eigenvalue weighted by atomic mass is 9.87. The fourth-order valence-corrected chi connectivity index (χ4v) is 3.38. The van der Waals surface area contributed by atoms with Gasteiger partial charge in [0.1, 0.15) is 5.75 Å². The summed E-state index contributed by atoms with van der Waals surface area (Å²) < 4.78 is 6.29. The zero-order valence-corrected chi connectivity index (χ0v) is 19.5. The van der Waals surface area contributed by atoms with Crippen LogP contribution in [-0.2, 0) is 15.0 Å². The predicted octanol–water partition coefficient (Wildman–Crippen LogP) is 3.92. The molecule has 9 heteroatoms. The van der Waals surface area contributed by atoms with E-state index < -0.39 is 11.8 Å². The van der Waals surface area contributed by atoms with Crippen molar-refractivity contribution in [2.75, 3.05) is 6.61 Å². The predicted molar refractivity (Wildman–Crippen MR) is 124 cm³/mol. The van der Waals surface area contributed by atoms with Gasteiger partial charge >= 0.3 is 0 Å². The molecule has 2 rings (SSSR count). The van der Waals surface area contributed by atoms with Gasteiger partial charge in [0.2, 0.25) is 5.91 Å². The number of nitrogens with one attached hydrogen (secondary N) is 3. The van der Waals surface area contributed by atoms with E-state index in [9.17, 15) is 9.59 Å². The van der Waals surface area contributed by atoms with Crippen molar-refractivity contribution in [3.63, 3.8) is 0 Å². The highest BCUT2D eigenvalue weighted by Crippen LogP contribution is 2.31. The maximum Gasteiger partial charge on any atom is 0.276 e. The minimum absolute atomic E-state index is 0.0153. The van der Waals surface area contributed by atoms with Crippen LogP contribution in [0.1, 0.15) is 31.2 Å². The van der Waals surface area contributed by atoms with Crippen LogP contribution >= 0.6 is 39.5 Å². The zero-order chi connectivity index (χ0) is 21.4. The highest BCUT2D eigenvalue weighted by atomic mass is 79.9. The normalized spacial score (nSPS) is 11.2. The van der Waals surface area contributed by atoms with E-state index in [1.807, 2.05) is 35.7 Å². The van der Waals surface area contributed by atoms with Gasteiger partial charge in [-0.1, -0.05) is 32.9 Å². The molecule has 3 N–H and O–H groups in total. The van der Waals surface area contributed by atoms with E-state index in [2.05, 4.69) is 52.9 Å². The van der Waals surface area contributed by atoms with Crippen LogP contribution in [0, 0.1) is 0 Å². The average Bonchev–Trinajstić information content (AvgIpc) is 3.16. The van der Waals surface area contributed by atoms with Gasteiger partial charge in [-0.05, 0) is 68.8 Å². The first-order valence-corrected chi connectivity index (χ1v) is 10.8. The smallest absolute Gasteiger partial charge is 0.276 e. The Balaban J connectivity index is 1.74. The summed E-state index contributed by atoms with van der Waals surface area (Å²) in [4.78, 5) is 24.7. The molecule has 0 atom stereocenters. The third-order valence-corrected chi connectivity index (χ3v) is 5.31. The van der Waals surface area contributed by atoms with Crippen molar-refractivity contribution in [1.82, 2.24) is 16.2 Å². The van der Waals surface area contributed by atoms with Gasteiger partial charge in [0.25, 0.3) is 5.91 Å². The van der Waals surface area contributed by atoms with Crippen molar-refractivity contribution in [3.8, 4) is 5.75 Å². The van der Waals surface area contributed by atoms with E-state index >= 15 is 0 Å². The van der Waals surface area contributed by atoms with Gasteiger partial charge in [-0.15, -0.1) is 11.3 Å². The Morgan fingerprint density at radius 3 is 2.62 bits per heavy atom. The molecule has 2 amide bonds. The number of thiocarbonyl (C=S) groups is 1. The first kappa shape index (κ1) is 23.1. The second kappa shape index (κ2) is 10.5. The monoisotopic (exact) mass is 495 g/mol. The van der Waals surface area contributed by atoms with Crippen molar-refractivity contribution >= 4 is 62.5 Å². The first-order chi connectivity index (χ1) is 13.6. The van der Waals surface area contributed by atoms with E-state index in [4.69, 9.17) is 17.0 Å². The largest absolute Gasteiger partial charge is 0.483 e. The lowest BCUT2D eigenvalue weighted by Crippen LogP contribution is -2.49. The quantitative estimate of drug-likeness (QED) is 0.332. The molecule has 29 heavy (non-hydrogen) atoms. The molecular formula is C20H22BrN3O3S2. The lowest BCUT2D eigenvalue weighted by Gasteiger charge is -2.20. The molecule has 1 aromatic heterocycles. The van der Waals surface area contributed by atoms with Gasteiger partial charge in [-0.3, -0.25) is 25.8 Å². The first-order valence-electron chi connectivity index (χ1n) is 8.69. The summed E-state index contributed by atoms with van der Waals surface area (Å²) in [6.07, 6.45) is 3.04. The number of halogens is 1. The van der Waals surface area contributed by atoms with E-state index in [0.717, 1.165) is 14.9 Å². The number of hydrogen-bond acceptors (Lipinski definition) is 5. The minimum atomic E-state index is -0.442. The van der Waals surface area contributed by atoms with Gasteiger partial charge < -0.3 is 4.74 Å². The van der Waals surface area contributed by atoms with Crippen LogP contribution < -0.4 is 20.9 Å². The van der Waals surface area contributed by atoms with Gasteiger partial charge in [0, 0.05) is 11.0 Å². The van der Waals surface area contributed by atoms with Crippen LogP contribution in [0.5, 0.6) is 5.75 Å². The highest BCUT2D eigenvalue weighted by molar-refractivity contribution is 9.10. The van der Waals surface area contributed by atoms with E-state index in [-0.39, 0.29) is 17.1 Å². The van der Waals surface area contributed by atoms with Gasteiger partial charge in [-0.2, -0.15) is 0 Å².